The Balaban J connectivity index is 0.00000253. The lowest BCUT2D eigenvalue weighted by Crippen LogP contribution is -2.48. The molecular formula is C25H30Cl4N3O6+. The number of rotatable bonds is 8. The molecule has 2 fully saturated rings. The third kappa shape index (κ3) is 7.02. The molecule has 13 heteroatoms. The number of esters is 2. The number of nitrogens with one attached hydrogen (secondary N) is 2. The summed E-state index contributed by atoms with van der Waals surface area (Å²) in [6, 6.07) is 8.95. The van der Waals surface area contributed by atoms with Crippen molar-refractivity contribution < 1.29 is 33.4 Å². The van der Waals surface area contributed by atoms with Crippen LogP contribution in [-0.2, 0) is 20.7 Å². The van der Waals surface area contributed by atoms with Gasteiger partial charge in [-0.2, -0.15) is 0 Å². The lowest BCUT2D eigenvalue weighted by molar-refractivity contribution is -0.811. The SMILES string of the molecule is CCOC(=O)[C@@H](Cc1ccccc1)NC(=O)c1cc(Cl)c(OC(=O)C2C[N+]23CCNCC3)c(Cl)c1O.Cl.Cl. The van der Waals surface area contributed by atoms with Crippen LogP contribution in [-0.4, -0.2) is 78.8 Å². The largest absolute Gasteiger partial charge is 0.505 e. The third-order valence-electron chi connectivity index (χ3n) is 6.56. The lowest BCUT2D eigenvalue weighted by atomic mass is 10.1. The molecule has 2 aromatic carbocycles. The molecule has 2 atom stereocenters. The summed E-state index contributed by atoms with van der Waals surface area (Å²) in [5.74, 6) is -2.70. The maximum Gasteiger partial charge on any atom is 0.376 e. The number of phenols is 1. The molecule has 1 amide bonds. The normalized spacial score (nSPS) is 17.8. The van der Waals surface area contributed by atoms with Gasteiger partial charge in [-0.1, -0.05) is 53.5 Å². The second kappa shape index (κ2) is 13.7. The van der Waals surface area contributed by atoms with E-state index in [1.165, 1.54) is 0 Å². The molecule has 3 N–H and O–H groups in total. The van der Waals surface area contributed by atoms with Crippen molar-refractivity contribution in [2.45, 2.75) is 25.4 Å². The molecule has 2 saturated heterocycles. The van der Waals surface area contributed by atoms with Crippen molar-refractivity contribution in [1.29, 1.82) is 0 Å². The molecule has 1 unspecified atom stereocenters. The minimum Gasteiger partial charge on any atom is -0.505 e. The minimum absolute atomic E-state index is 0. The van der Waals surface area contributed by atoms with Gasteiger partial charge in [-0.3, -0.25) is 9.28 Å². The fourth-order valence-corrected chi connectivity index (χ4v) is 5.01. The Morgan fingerprint density at radius 1 is 1.16 bits per heavy atom. The number of nitrogens with zero attached hydrogens (tertiary/aromatic N) is 1. The molecule has 2 aromatic rings. The number of quaternary nitrogens is 1. The zero-order valence-electron chi connectivity index (χ0n) is 20.6. The van der Waals surface area contributed by atoms with Crippen LogP contribution in [0, 0.1) is 0 Å². The standard InChI is InChI=1S/C25H27Cl2N3O6.2ClH/c1-2-35-24(33)18(12-15-6-4-3-5-7-15)29-23(32)16-13-17(26)22(20(27)21(16)31)36-25(34)19-14-30(19)10-8-28-9-11-30;;/h3-7,13,18-19,28H,2,8-12,14H2,1H3,(H-,29,31,32);2*1H/p+1/t18-,19?;;/m1../s1. The van der Waals surface area contributed by atoms with E-state index in [-0.39, 0.29) is 65.2 Å². The third-order valence-corrected chi connectivity index (χ3v) is 7.19. The predicted molar refractivity (Wildman–Crippen MR) is 148 cm³/mol. The molecular weight excluding hydrogens is 580 g/mol. The van der Waals surface area contributed by atoms with E-state index >= 15 is 0 Å². The zero-order valence-corrected chi connectivity index (χ0v) is 23.7. The van der Waals surface area contributed by atoms with E-state index in [4.69, 9.17) is 32.7 Å². The molecule has 208 valence electrons. The van der Waals surface area contributed by atoms with Crippen LogP contribution < -0.4 is 15.4 Å². The summed E-state index contributed by atoms with van der Waals surface area (Å²) in [5.41, 5.74) is 0.549. The van der Waals surface area contributed by atoms with Gasteiger partial charge in [0.05, 0.1) is 30.3 Å². The maximum atomic E-state index is 13.0. The van der Waals surface area contributed by atoms with Gasteiger partial charge >= 0.3 is 11.9 Å². The van der Waals surface area contributed by atoms with Gasteiger partial charge in [-0.25, -0.2) is 9.59 Å². The molecule has 0 radical (unpaired) electrons. The Morgan fingerprint density at radius 3 is 2.45 bits per heavy atom. The van der Waals surface area contributed by atoms with E-state index in [9.17, 15) is 19.5 Å². The first kappa shape index (κ1) is 31.9. The van der Waals surface area contributed by atoms with Crippen LogP contribution in [0.5, 0.6) is 11.5 Å². The Labute approximate surface area is 243 Å². The molecule has 2 heterocycles. The van der Waals surface area contributed by atoms with Crippen LogP contribution in [0.15, 0.2) is 36.4 Å². The number of hydrogen-bond donors (Lipinski definition) is 3. The smallest absolute Gasteiger partial charge is 0.376 e. The number of halogens is 4. The summed E-state index contributed by atoms with van der Waals surface area (Å²) in [6.07, 6.45) is 0.181. The van der Waals surface area contributed by atoms with Gasteiger partial charge < -0.3 is 25.2 Å². The number of carbonyl (C=O) groups excluding carboxylic acids is 3. The number of carbonyl (C=O) groups is 3. The molecule has 38 heavy (non-hydrogen) atoms. The fourth-order valence-electron chi connectivity index (χ4n) is 4.48. The van der Waals surface area contributed by atoms with Gasteiger partial charge in [0.1, 0.15) is 17.6 Å². The van der Waals surface area contributed by atoms with E-state index in [2.05, 4.69) is 10.6 Å². The average Bonchev–Trinajstić information content (AvgIpc) is 3.57. The van der Waals surface area contributed by atoms with Gasteiger partial charge in [-0.05, 0) is 18.6 Å². The Hall–Kier alpha value is -2.27. The van der Waals surface area contributed by atoms with E-state index in [0.29, 0.717) is 11.0 Å². The van der Waals surface area contributed by atoms with Crippen LogP contribution in [0.4, 0.5) is 0 Å². The second-order valence-corrected chi connectivity index (χ2v) is 9.69. The number of aromatic hydroxyl groups is 1. The highest BCUT2D eigenvalue weighted by Crippen LogP contribution is 2.43. The summed E-state index contributed by atoms with van der Waals surface area (Å²) in [5, 5.41) is 16.0. The van der Waals surface area contributed by atoms with Crippen LogP contribution in [0.3, 0.4) is 0 Å². The highest BCUT2D eigenvalue weighted by molar-refractivity contribution is 6.39. The summed E-state index contributed by atoms with van der Waals surface area (Å²) in [4.78, 5) is 38.3. The Morgan fingerprint density at radius 2 is 1.82 bits per heavy atom. The number of phenolic OH excluding ortho intramolecular Hbond substituents is 1. The first-order valence-corrected chi connectivity index (χ1v) is 12.5. The van der Waals surface area contributed by atoms with Gasteiger partial charge in [-0.15, -0.1) is 24.8 Å². The van der Waals surface area contributed by atoms with Crippen molar-refractivity contribution >= 4 is 65.9 Å². The number of amides is 1. The molecule has 9 nitrogen and oxygen atoms in total. The highest BCUT2D eigenvalue weighted by atomic mass is 35.5. The van der Waals surface area contributed by atoms with Gasteiger partial charge in [0.25, 0.3) is 5.91 Å². The first-order valence-electron chi connectivity index (χ1n) is 11.8. The van der Waals surface area contributed by atoms with Gasteiger partial charge in [0, 0.05) is 19.5 Å². The minimum atomic E-state index is -1.01. The Bertz CT molecular complexity index is 1160. The van der Waals surface area contributed by atoms with Crippen molar-refractivity contribution in [1.82, 2.24) is 10.6 Å². The van der Waals surface area contributed by atoms with Gasteiger partial charge in [0.15, 0.2) is 11.5 Å². The lowest BCUT2D eigenvalue weighted by Gasteiger charge is -2.25. The molecule has 1 spiro atoms. The second-order valence-electron chi connectivity index (χ2n) is 8.90. The number of piperazine rings is 1. The van der Waals surface area contributed by atoms with Crippen LogP contribution >= 0.6 is 48.0 Å². The monoisotopic (exact) mass is 608 g/mol. The van der Waals surface area contributed by atoms with Crippen molar-refractivity contribution in [3.63, 3.8) is 0 Å². The maximum absolute atomic E-state index is 13.0. The summed E-state index contributed by atoms with van der Waals surface area (Å²) < 4.78 is 11.2. The molecule has 0 bridgehead atoms. The first-order chi connectivity index (χ1) is 17.3. The molecule has 2 aliphatic rings. The molecule has 0 saturated carbocycles. The van der Waals surface area contributed by atoms with E-state index in [1.807, 2.05) is 30.3 Å². The van der Waals surface area contributed by atoms with Crippen molar-refractivity contribution in [3.05, 3.63) is 57.6 Å². The van der Waals surface area contributed by atoms with Crippen LogP contribution in [0.1, 0.15) is 22.8 Å². The summed E-state index contributed by atoms with van der Waals surface area (Å²) in [7, 11) is 0. The van der Waals surface area contributed by atoms with Crippen molar-refractivity contribution in [2.24, 2.45) is 0 Å². The van der Waals surface area contributed by atoms with Crippen molar-refractivity contribution in [2.75, 3.05) is 39.3 Å². The molecule has 2 aliphatic heterocycles. The van der Waals surface area contributed by atoms with Crippen LogP contribution in [0.25, 0.3) is 0 Å². The summed E-state index contributed by atoms with van der Waals surface area (Å²) >= 11 is 12.6. The quantitative estimate of drug-likeness (QED) is 0.182. The Kier molecular flexibility index (Phi) is 11.5. The van der Waals surface area contributed by atoms with Gasteiger partial charge in [0.2, 0.25) is 6.04 Å². The molecule has 0 aromatic heterocycles. The summed E-state index contributed by atoms with van der Waals surface area (Å²) in [6.45, 7) is 5.80. The topological polar surface area (TPSA) is 114 Å². The number of ether oxygens (including phenoxy) is 2. The number of benzene rings is 2. The molecule has 0 aliphatic carbocycles. The predicted octanol–water partition coefficient (Wildman–Crippen LogP) is 3.15. The van der Waals surface area contributed by atoms with E-state index in [1.54, 1.807) is 6.92 Å². The highest BCUT2D eigenvalue weighted by Gasteiger charge is 2.61. The van der Waals surface area contributed by atoms with Crippen LogP contribution in [0.2, 0.25) is 10.0 Å². The molecule has 4 rings (SSSR count). The fraction of sp³-hybridized carbons (Fsp3) is 0.400. The average molecular weight is 610 g/mol. The van der Waals surface area contributed by atoms with Crippen molar-refractivity contribution in [3.8, 4) is 11.5 Å². The number of hydrogen-bond acceptors (Lipinski definition) is 7. The van der Waals surface area contributed by atoms with E-state index < -0.39 is 29.6 Å². The zero-order chi connectivity index (χ0) is 25.9. The van der Waals surface area contributed by atoms with E-state index in [0.717, 1.165) is 37.8 Å².